The van der Waals surface area contributed by atoms with Crippen molar-refractivity contribution in [1.82, 2.24) is 0 Å². The van der Waals surface area contributed by atoms with Crippen molar-refractivity contribution < 1.29 is 75.8 Å². The number of unbranched alkanes of at least 4 members (excludes halogenated alkanes) is 46. The number of allylic oxidation sites excluding steroid dienone is 16. The highest BCUT2D eigenvalue weighted by atomic mass is 31.2. The molecular weight excluding hydrogens is 1410 g/mol. The molecule has 0 aromatic rings. The summed E-state index contributed by atoms with van der Waals surface area (Å²) in [5.41, 5.74) is 0. The molecule has 0 saturated carbocycles. The van der Waals surface area contributed by atoms with Crippen molar-refractivity contribution in [2.75, 3.05) is 39.6 Å². The maximum absolute atomic E-state index is 13.0. The first-order valence-corrected chi connectivity index (χ1v) is 47.5. The van der Waals surface area contributed by atoms with Gasteiger partial charge in [0.1, 0.15) is 25.4 Å². The summed E-state index contributed by atoms with van der Waals surface area (Å²) >= 11 is 0. The van der Waals surface area contributed by atoms with Crippen molar-refractivity contribution in [3.8, 4) is 0 Å². The summed E-state index contributed by atoms with van der Waals surface area (Å²) in [5, 5.41) is 20.7. The van der Waals surface area contributed by atoms with Crippen molar-refractivity contribution in [2.24, 2.45) is 0 Å². The molecule has 0 aliphatic heterocycles. The van der Waals surface area contributed by atoms with Crippen LogP contribution in [0.2, 0.25) is 0 Å². The third-order valence-electron chi connectivity index (χ3n) is 19.3. The van der Waals surface area contributed by atoms with Gasteiger partial charge in [-0.05, 0) is 109 Å². The molecule has 5 unspecified atom stereocenters. The number of phosphoric ester groups is 2. The predicted molar refractivity (Wildman–Crippen MR) is 454 cm³/mol. The van der Waals surface area contributed by atoms with E-state index in [1.165, 1.54) is 218 Å². The van der Waals surface area contributed by atoms with Crippen molar-refractivity contribution in [3.05, 3.63) is 97.2 Å². The number of phosphoric acid groups is 2. The summed E-state index contributed by atoms with van der Waals surface area (Å²) < 4.78 is 61.3. The van der Waals surface area contributed by atoms with Crippen LogP contribution in [0.4, 0.5) is 0 Å². The third kappa shape index (κ3) is 85.2. The molecule has 0 aliphatic rings. The molecule has 0 amide bonds. The quantitative estimate of drug-likeness (QED) is 0.0146. The van der Waals surface area contributed by atoms with E-state index in [9.17, 15) is 43.5 Å². The summed E-state index contributed by atoms with van der Waals surface area (Å²) in [6.07, 6.45) is 98.9. The van der Waals surface area contributed by atoms with E-state index in [0.29, 0.717) is 19.3 Å². The monoisotopic (exact) mass is 1580 g/mol. The lowest BCUT2D eigenvalue weighted by Crippen LogP contribution is -2.30. The Morgan fingerprint density at radius 2 is 0.459 bits per heavy atom. The van der Waals surface area contributed by atoms with Gasteiger partial charge in [0.25, 0.3) is 0 Å². The Kier molecular flexibility index (Phi) is 81.2. The van der Waals surface area contributed by atoms with Crippen LogP contribution in [-0.2, 0) is 55.8 Å². The number of rotatable bonds is 85. The first kappa shape index (κ1) is 105. The van der Waals surface area contributed by atoms with Crippen LogP contribution in [-0.4, -0.2) is 95.9 Å². The van der Waals surface area contributed by atoms with E-state index < -0.39 is 91.5 Å². The second kappa shape index (κ2) is 83.9. The van der Waals surface area contributed by atoms with Gasteiger partial charge in [0, 0.05) is 19.3 Å². The van der Waals surface area contributed by atoms with Crippen LogP contribution in [0, 0.1) is 0 Å². The van der Waals surface area contributed by atoms with Gasteiger partial charge in [0.05, 0.1) is 26.4 Å². The Morgan fingerprint density at radius 1 is 0.257 bits per heavy atom. The lowest BCUT2D eigenvalue weighted by atomic mass is 10.0. The van der Waals surface area contributed by atoms with Gasteiger partial charge in [-0.1, -0.05) is 375 Å². The molecule has 0 aromatic carbocycles. The Balaban J connectivity index is 4.41. The second-order valence-corrected chi connectivity index (χ2v) is 33.0. The van der Waals surface area contributed by atoms with Gasteiger partial charge < -0.3 is 34.2 Å². The Morgan fingerprint density at radius 3 is 0.743 bits per heavy atom. The number of aliphatic hydroxyl groups excluding tert-OH is 2. The van der Waals surface area contributed by atoms with Gasteiger partial charge in [-0.15, -0.1) is 0 Å². The first-order chi connectivity index (χ1) is 53.2. The SMILES string of the molecule is CCCCC/C=C\C/C=C\C/C=C\C/C=C\CCCCCCCCCCCCCCCCCCCCCC(=O)OCC(O)COP(=O)(O)OCC(O)COP(=O)(O)OCC(COC(=O)CCCCCCCCC/C=C\C/C=C\C/C=C\C/C=C\CCCCC)OC(=O)CCCCCCCCCCCCCCCCC. The van der Waals surface area contributed by atoms with Gasteiger partial charge in [-0.2, -0.15) is 0 Å². The zero-order valence-corrected chi connectivity index (χ0v) is 71.5. The van der Waals surface area contributed by atoms with E-state index in [1.807, 2.05) is 0 Å². The fourth-order valence-corrected chi connectivity index (χ4v) is 14.1. The van der Waals surface area contributed by atoms with Crippen molar-refractivity contribution >= 4 is 33.6 Å². The van der Waals surface area contributed by atoms with Crippen molar-refractivity contribution in [3.63, 3.8) is 0 Å². The van der Waals surface area contributed by atoms with E-state index in [2.05, 4.69) is 118 Å². The minimum absolute atomic E-state index is 0.107. The maximum atomic E-state index is 13.0. The summed E-state index contributed by atoms with van der Waals surface area (Å²) in [7, 11) is -9.79. The van der Waals surface area contributed by atoms with Crippen LogP contribution in [0.15, 0.2) is 97.2 Å². The molecule has 0 spiro atoms. The number of carbonyl (C=O) groups excluding carboxylic acids is 3. The van der Waals surface area contributed by atoms with E-state index in [1.54, 1.807) is 0 Å². The van der Waals surface area contributed by atoms with Crippen LogP contribution in [0.3, 0.4) is 0 Å². The normalized spacial score (nSPS) is 14.3. The van der Waals surface area contributed by atoms with Crippen LogP contribution in [0.5, 0.6) is 0 Å². The molecule has 5 atom stereocenters. The van der Waals surface area contributed by atoms with Crippen LogP contribution in [0.25, 0.3) is 0 Å². The standard InChI is InChI=1S/C91H164O16P2/c1-4-7-10-13-16-19-22-25-28-30-32-34-36-37-38-39-40-41-42-43-44-45-46-47-49-51-52-54-57-59-62-65-68-71-74-77-89(94)101-80-86(92)81-103-108(97,98)104-82-87(93)83-105-109(99,100)106-85-88(107-91(96)79-76-73-70-67-64-61-56-27-24-21-18-15-12-9-6-3)84-102-90(95)78-75-72-69-66-63-60-58-55-53-50-48-35-33-31-29-26-23-20-17-14-11-8-5-2/h16-17,19-20,25-26,28-29,32-35,37-38,50,53,86-88,92-93H,4-15,18,21-24,27,30-31,36,39-49,51-52,54-85H2,1-3H3,(H,97,98)(H,99,100)/b19-16-,20-17-,28-25-,29-26-,34-32-,35-33-,38-37-,53-50-. The lowest BCUT2D eigenvalue weighted by Gasteiger charge is -2.21. The van der Waals surface area contributed by atoms with E-state index >= 15 is 0 Å². The predicted octanol–water partition coefficient (Wildman–Crippen LogP) is 26.9. The average Bonchev–Trinajstić information content (AvgIpc) is 0.902. The molecule has 0 rings (SSSR count). The Labute approximate surface area is 667 Å². The number of ether oxygens (including phenoxy) is 3. The fourth-order valence-electron chi connectivity index (χ4n) is 12.5. The van der Waals surface area contributed by atoms with Gasteiger partial charge in [0.2, 0.25) is 0 Å². The zero-order chi connectivity index (χ0) is 79.4. The highest BCUT2D eigenvalue weighted by Gasteiger charge is 2.29. The minimum Gasteiger partial charge on any atom is -0.463 e. The minimum atomic E-state index is -4.93. The highest BCUT2D eigenvalue weighted by molar-refractivity contribution is 7.47. The van der Waals surface area contributed by atoms with Gasteiger partial charge in [-0.3, -0.25) is 32.5 Å². The molecule has 0 radical (unpaired) electrons. The summed E-state index contributed by atoms with van der Waals surface area (Å²) in [5.74, 6) is -1.56. The van der Waals surface area contributed by atoms with Gasteiger partial charge in [0.15, 0.2) is 6.10 Å². The summed E-state index contributed by atoms with van der Waals surface area (Å²) in [6.45, 7) is 2.69. The van der Waals surface area contributed by atoms with Crippen molar-refractivity contribution in [2.45, 2.75) is 424 Å². The molecule has 0 bridgehead atoms. The molecule has 0 saturated heterocycles. The maximum Gasteiger partial charge on any atom is 0.472 e. The number of esters is 3. The average molecular weight is 1580 g/mol. The van der Waals surface area contributed by atoms with E-state index in [-0.39, 0.29) is 19.3 Å². The topological polar surface area (TPSA) is 231 Å². The molecule has 18 heteroatoms. The van der Waals surface area contributed by atoms with Gasteiger partial charge in [-0.25, -0.2) is 9.13 Å². The lowest BCUT2D eigenvalue weighted by molar-refractivity contribution is -0.161. The van der Waals surface area contributed by atoms with Crippen LogP contribution < -0.4 is 0 Å². The van der Waals surface area contributed by atoms with E-state index in [0.717, 1.165) is 128 Å². The number of aliphatic hydroxyl groups is 2. The molecule has 0 aromatic heterocycles. The van der Waals surface area contributed by atoms with Gasteiger partial charge >= 0.3 is 33.6 Å². The molecule has 0 aliphatic carbocycles. The fraction of sp³-hybridized carbons (Fsp3) is 0.791. The highest BCUT2D eigenvalue weighted by Crippen LogP contribution is 2.45. The van der Waals surface area contributed by atoms with E-state index in [4.69, 9.17) is 32.3 Å². The third-order valence-corrected chi connectivity index (χ3v) is 21.2. The Bertz CT molecular complexity index is 2370. The number of hydrogen-bond donors (Lipinski definition) is 4. The first-order valence-electron chi connectivity index (χ1n) is 44.5. The van der Waals surface area contributed by atoms with Crippen molar-refractivity contribution in [1.29, 1.82) is 0 Å². The summed E-state index contributed by atoms with van der Waals surface area (Å²) in [6, 6.07) is 0. The molecular formula is C91H164O16P2. The Hall–Kier alpha value is -3.53. The number of hydrogen-bond acceptors (Lipinski definition) is 14. The largest absolute Gasteiger partial charge is 0.472 e. The summed E-state index contributed by atoms with van der Waals surface area (Å²) in [4.78, 5) is 58.8. The van der Waals surface area contributed by atoms with Crippen LogP contribution >= 0.6 is 15.6 Å². The molecule has 0 fully saturated rings. The zero-order valence-electron chi connectivity index (χ0n) is 69.7. The molecule has 634 valence electrons. The number of carbonyl (C=O) groups is 3. The molecule has 109 heavy (non-hydrogen) atoms. The molecule has 16 nitrogen and oxygen atoms in total. The van der Waals surface area contributed by atoms with Crippen LogP contribution in [0.1, 0.15) is 406 Å². The smallest absolute Gasteiger partial charge is 0.463 e. The molecule has 0 heterocycles. The second-order valence-electron chi connectivity index (χ2n) is 30.1. The molecule has 4 N–H and O–H groups in total.